The summed E-state index contributed by atoms with van der Waals surface area (Å²) < 4.78 is 28.6. The van der Waals surface area contributed by atoms with Gasteiger partial charge in [0.15, 0.2) is 5.13 Å². The van der Waals surface area contributed by atoms with E-state index in [4.69, 9.17) is 11.6 Å². The Hall–Kier alpha value is -3.49. The largest absolute Gasteiger partial charge is 0.351 e. The molecule has 5 rings (SSSR count). The molecular formula is C26H26Cl2N6O5S2. The maximum absolute atomic E-state index is 12.7. The number of carbonyl (C=O) groups excluding carboxylic acids is 1. The molecule has 15 heteroatoms. The van der Waals surface area contributed by atoms with Gasteiger partial charge >= 0.3 is 0 Å². The lowest BCUT2D eigenvalue weighted by atomic mass is 10.2. The van der Waals surface area contributed by atoms with Crippen molar-refractivity contribution in [2.75, 3.05) is 48.9 Å². The fourth-order valence-corrected chi connectivity index (χ4v) is 6.52. The molecule has 1 amide bonds. The molecule has 0 bridgehead atoms. The van der Waals surface area contributed by atoms with Crippen molar-refractivity contribution < 1.29 is 18.1 Å². The summed E-state index contributed by atoms with van der Waals surface area (Å²) in [5, 5.41) is 15.2. The van der Waals surface area contributed by atoms with Crippen LogP contribution >= 0.6 is 35.3 Å². The third kappa shape index (κ3) is 7.43. The Morgan fingerprint density at radius 2 is 1.78 bits per heavy atom. The van der Waals surface area contributed by atoms with Crippen LogP contribution in [0.25, 0.3) is 10.2 Å². The lowest BCUT2D eigenvalue weighted by Gasteiger charge is -2.34. The number of sulfonamides is 1. The number of hydrogen-bond donors (Lipinski definition) is 2. The van der Waals surface area contributed by atoms with Crippen LogP contribution < -0.4 is 14.9 Å². The zero-order valence-electron chi connectivity index (χ0n) is 21.5. The zero-order valence-corrected chi connectivity index (χ0v) is 24.7. The number of halogens is 2. The number of amides is 1. The van der Waals surface area contributed by atoms with Crippen LogP contribution in [0, 0.1) is 10.1 Å². The number of rotatable bonds is 9. The van der Waals surface area contributed by atoms with Crippen LogP contribution in [0.5, 0.6) is 0 Å². The molecule has 0 radical (unpaired) electrons. The number of aromatic nitrogens is 1. The minimum atomic E-state index is -3.82. The molecule has 216 valence electrons. The number of nitrogens with one attached hydrogen (secondary N) is 2. The van der Waals surface area contributed by atoms with Gasteiger partial charge in [0, 0.05) is 67.7 Å². The summed E-state index contributed by atoms with van der Waals surface area (Å²) in [5.74, 6) is -0.297. The van der Waals surface area contributed by atoms with E-state index in [-0.39, 0.29) is 34.6 Å². The number of nitro benzene ring substituents is 1. The van der Waals surface area contributed by atoms with Crippen molar-refractivity contribution in [2.24, 2.45) is 0 Å². The summed E-state index contributed by atoms with van der Waals surface area (Å²) in [5.41, 5.74) is 1.43. The van der Waals surface area contributed by atoms with Crippen molar-refractivity contribution in [1.82, 2.24) is 15.2 Å². The lowest BCUT2D eigenvalue weighted by Crippen LogP contribution is -2.48. The minimum absolute atomic E-state index is 0. The molecule has 0 unspecified atom stereocenters. The third-order valence-corrected chi connectivity index (χ3v) is 9.16. The van der Waals surface area contributed by atoms with E-state index in [0.29, 0.717) is 23.7 Å². The molecule has 1 saturated heterocycles. The van der Waals surface area contributed by atoms with Crippen molar-refractivity contribution in [3.8, 4) is 0 Å². The van der Waals surface area contributed by atoms with Crippen molar-refractivity contribution in [3.05, 3.63) is 87.4 Å². The molecule has 2 N–H and O–H groups in total. The number of carbonyl (C=O) groups is 1. The Morgan fingerprint density at radius 3 is 2.49 bits per heavy atom. The maximum atomic E-state index is 12.7. The average molecular weight is 638 g/mol. The van der Waals surface area contributed by atoms with E-state index < -0.39 is 14.9 Å². The van der Waals surface area contributed by atoms with E-state index in [1.165, 1.54) is 47.7 Å². The standard InChI is InChI=1S/C26H25ClN6O5S2.ClH/c27-19-4-7-22(8-5-19)40(37,38)30-20-3-1-2-18(16-20)25(34)28-10-11-31-12-14-32(15-13-31)26-29-23-9-6-21(33(35)36)17-24(23)39-26;/h1-9,16-17,30H,10-15H2,(H,28,34);1H. The van der Waals surface area contributed by atoms with Crippen LogP contribution in [-0.4, -0.2) is 68.4 Å². The summed E-state index contributed by atoms with van der Waals surface area (Å²) in [4.78, 5) is 32.5. The number of non-ortho nitro benzene ring substituents is 1. The molecular weight excluding hydrogens is 611 g/mol. The summed E-state index contributed by atoms with van der Waals surface area (Å²) in [6.07, 6.45) is 0. The minimum Gasteiger partial charge on any atom is -0.351 e. The highest BCUT2D eigenvalue weighted by molar-refractivity contribution is 7.92. The highest BCUT2D eigenvalue weighted by Crippen LogP contribution is 2.31. The van der Waals surface area contributed by atoms with E-state index in [0.717, 1.165) is 41.5 Å². The molecule has 4 aromatic rings. The molecule has 0 saturated carbocycles. The molecule has 0 spiro atoms. The zero-order chi connectivity index (χ0) is 28.3. The molecule has 1 fully saturated rings. The van der Waals surface area contributed by atoms with Crippen LogP contribution in [0.2, 0.25) is 5.02 Å². The number of piperazine rings is 1. The number of thiazole rings is 1. The van der Waals surface area contributed by atoms with E-state index in [1.54, 1.807) is 30.3 Å². The van der Waals surface area contributed by atoms with E-state index in [9.17, 15) is 23.3 Å². The van der Waals surface area contributed by atoms with E-state index in [2.05, 4.69) is 24.8 Å². The highest BCUT2D eigenvalue weighted by atomic mass is 35.5. The maximum Gasteiger partial charge on any atom is 0.270 e. The van der Waals surface area contributed by atoms with Gasteiger partial charge in [0.1, 0.15) is 0 Å². The Labute approximate surface area is 251 Å². The SMILES string of the molecule is Cl.O=C(NCCN1CCN(c2nc3ccc([N+](=O)[O-])cc3s2)CC1)c1cccc(NS(=O)(=O)c2ccc(Cl)cc2)c1. The first-order chi connectivity index (χ1) is 19.2. The summed E-state index contributed by atoms with van der Waals surface area (Å²) in [7, 11) is -3.82. The van der Waals surface area contributed by atoms with Crippen molar-refractivity contribution in [1.29, 1.82) is 0 Å². The molecule has 0 atom stereocenters. The summed E-state index contributed by atoms with van der Waals surface area (Å²) in [6, 6.07) is 16.8. The van der Waals surface area contributed by atoms with Crippen molar-refractivity contribution in [3.63, 3.8) is 0 Å². The number of fused-ring (bicyclic) bond motifs is 1. The second-order valence-electron chi connectivity index (χ2n) is 9.13. The Kier molecular flexibility index (Phi) is 9.66. The smallest absolute Gasteiger partial charge is 0.270 e. The normalized spacial score (nSPS) is 13.9. The van der Waals surface area contributed by atoms with Gasteiger partial charge < -0.3 is 10.2 Å². The third-order valence-electron chi connectivity index (χ3n) is 6.43. The summed E-state index contributed by atoms with van der Waals surface area (Å²) in [6.45, 7) is 4.18. The van der Waals surface area contributed by atoms with Gasteiger partial charge in [-0.3, -0.25) is 24.5 Å². The van der Waals surface area contributed by atoms with Gasteiger partial charge in [-0.2, -0.15) is 0 Å². The number of nitrogens with zero attached hydrogens (tertiary/aromatic N) is 4. The Balaban J connectivity index is 0.00000387. The van der Waals surface area contributed by atoms with Gasteiger partial charge in [-0.15, -0.1) is 12.4 Å². The van der Waals surface area contributed by atoms with Gasteiger partial charge in [0.05, 0.1) is 20.0 Å². The van der Waals surface area contributed by atoms with Crippen molar-refractivity contribution in [2.45, 2.75) is 4.90 Å². The molecule has 2 heterocycles. The fraction of sp³-hybridized carbons (Fsp3) is 0.231. The highest BCUT2D eigenvalue weighted by Gasteiger charge is 2.21. The number of hydrogen-bond acceptors (Lipinski definition) is 9. The molecule has 0 aliphatic carbocycles. The topological polar surface area (TPSA) is 138 Å². The van der Waals surface area contributed by atoms with Crippen LogP contribution in [0.3, 0.4) is 0 Å². The molecule has 11 nitrogen and oxygen atoms in total. The number of anilines is 2. The van der Waals surface area contributed by atoms with Crippen LogP contribution in [0.1, 0.15) is 10.4 Å². The Morgan fingerprint density at radius 1 is 1.05 bits per heavy atom. The van der Waals surface area contributed by atoms with E-state index in [1.807, 2.05) is 0 Å². The van der Waals surface area contributed by atoms with Gasteiger partial charge in [-0.05, 0) is 48.5 Å². The van der Waals surface area contributed by atoms with Crippen LogP contribution in [0.15, 0.2) is 71.6 Å². The first-order valence-corrected chi connectivity index (χ1v) is 15.0. The quantitative estimate of drug-likeness (QED) is 0.200. The van der Waals surface area contributed by atoms with Crippen molar-refractivity contribution >= 4 is 78.0 Å². The first kappa shape index (κ1) is 30.5. The molecule has 1 aliphatic heterocycles. The van der Waals surface area contributed by atoms with Gasteiger partial charge in [0.2, 0.25) is 0 Å². The fourth-order valence-electron chi connectivity index (χ4n) is 4.29. The predicted molar refractivity (Wildman–Crippen MR) is 163 cm³/mol. The first-order valence-electron chi connectivity index (χ1n) is 12.4. The van der Waals surface area contributed by atoms with Gasteiger partial charge in [0.25, 0.3) is 21.6 Å². The molecule has 1 aromatic heterocycles. The van der Waals surface area contributed by atoms with E-state index >= 15 is 0 Å². The monoisotopic (exact) mass is 636 g/mol. The van der Waals surface area contributed by atoms with Crippen LogP contribution in [-0.2, 0) is 10.0 Å². The molecule has 41 heavy (non-hydrogen) atoms. The summed E-state index contributed by atoms with van der Waals surface area (Å²) >= 11 is 7.29. The van der Waals surface area contributed by atoms with Gasteiger partial charge in [-0.25, -0.2) is 13.4 Å². The predicted octanol–water partition coefficient (Wildman–Crippen LogP) is 4.63. The molecule has 3 aromatic carbocycles. The second-order valence-corrected chi connectivity index (χ2v) is 12.3. The lowest BCUT2D eigenvalue weighted by molar-refractivity contribution is -0.384. The van der Waals surface area contributed by atoms with Gasteiger partial charge in [-0.1, -0.05) is 29.0 Å². The molecule has 1 aliphatic rings. The number of benzene rings is 3. The Bertz CT molecular complexity index is 1660. The average Bonchev–Trinajstić information content (AvgIpc) is 3.37. The number of nitro groups is 1. The van der Waals surface area contributed by atoms with Crippen LogP contribution in [0.4, 0.5) is 16.5 Å². The second kappa shape index (κ2) is 13.0.